The number of nitrogens with one attached hydrogen (secondary N) is 1. The molecule has 0 atom stereocenters. The molecular weight excluding hydrogens is 286 g/mol. The summed E-state index contributed by atoms with van der Waals surface area (Å²) in [6, 6.07) is 5.06. The molecule has 1 aromatic carbocycles. The molecule has 0 saturated carbocycles. The lowest BCUT2D eigenvalue weighted by Crippen LogP contribution is -2.28. The van der Waals surface area contributed by atoms with Crippen molar-refractivity contribution in [3.63, 3.8) is 0 Å². The van der Waals surface area contributed by atoms with E-state index in [1.807, 2.05) is 0 Å². The van der Waals surface area contributed by atoms with E-state index in [9.17, 15) is 9.59 Å². The first-order valence-corrected chi connectivity index (χ1v) is 6.01. The van der Waals surface area contributed by atoms with Gasteiger partial charge in [-0.15, -0.1) is 0 Å². The van der Waals surface area contributed by atoms with Crippen LogP contribution in [-0.4, -0.2) is 25.3 Å². The third-order valence-electron chi connectivity index (χ3n) is 2.24. The first-order valence-electron chi connectivity index (χ1n) is 5.22. The summed E-state index contributed by atoms with van der Waals surface area (Å²) in [6.07, 6.45) is 0.375. The van der Waals surface area contributed by atoms with Crippen LogP contribution in [0.15, 0.2) is 22.7 Å². The summed E-state index contributed by atoms with van der Waals surface area (Å²) < 4.78 is 5.78. The quantitative estimate of drug-likeness (QED) is 0.848. The minimum atomic E-state index is -0.133. The molecule has 1 amide bonds. The van der Waals surface area contributed by atoms with Crippen LogP contribution < -0.4 is 10.1 Å². The van der Waals surface area contributed by atoms with E-state index in [-0.39, 0.29) is 18.2 Å². The summed E-state index contributed by atoms with van der Waals surface area (Å²) in [7, 11) is 1.56. The lowest BCUT2D eigenvalue weighted by atomic mass is 10.1. The fourth-order valence-corrected chi connectivity index (χ4v) is 1.79. The van der Waals surface area contributed by atoms with Crippen LogP contribution in [0.2, 0.25) is 0 Å². The van der Waals surface area contributed by atoms with Gasteiger partial charge in [0.2, 0.25) is 5.91 Å². The zero-order valence-corrected chi connectivity index (χ0v) is 11.3. The minimum absolute atomic E-state index is 0.0193. The van der Waals surface area contributed by atoms with E-state index >= 15 is 0 Å². The largest absolute Gasteiger partial charge is 0.496 e. The number of carbonyl (C=O) groups excluding carboxylic acids is 2. The van der Waals surface area contributed by atoms with Crippen LogP contribution in [-0.2, 0) is 4.79 Å². The van der Waals surface area contributed by atoms with Crippen LogP contribution in [0.1, 0.15) is 23.7 Å². The fourth-order valence-electron chi connectivity index (χ4n) is 1.25. The lowest BCUT2D eigenvalue weighted by Gasteiger charge is -2.06. The molecule has 0 fully saturated rings. The molecule has 0 unspecified atom stereocenters. The molecule has 5 heteroatoms. The highest BCUT2D eigenvalue weighted by Crippen LogP contribution is 2.25. The SMILES string of the molecule is CCC(=O)NCC(=O)c1ccc(OC)c(Br)c1. The summed E-state index contributed by atoms with van der Waals surface area (Å²) in [5.41, 5.74) is 0.536. The van der Waals surface area contributed by atoms with Crippen molar-refractivity contribution in [3.05, 3.63) is 28.2 Å². The maximum atomic E-state index is 11.7. The molecule has 0 aliphatic carbocycles. The highest BCUT2D eigenvalue weighted by atomic mass is 79.9. The summed E-state index contributed by atoms with van der Waals surface area (Å²) >= 11 is 3.30. The van der Waals surface area contributed by atoms with Crippen LogP contribution >= 0.6 is 15.9 Å². The zero-order chi connectivity index (χ0) is 12.8. The van der Waals surface area contributed by atoms with Gasteiger partial charge in [0.1, 0.15) is 5.75 Å². The molecule has 4 nitrogen and oxygen atoms in total. The van der Waals surface area contributed by atoms with E-state index in [0.717, 1.165) is 0 Å². The van der Waals surface area contributed by atoms with E-state index in [2.05, 4.69) is 21.2 Å². The molecule has 17 heavy (non-hydrogen) atoms. The van der Waals surface area contributed by atoms with Gasteiger partial charge in [-0.2, -0.15) is 0 Å². The van der Waals surface area contributed by atoms with Crippen LogP contribution in [0.25, 0.3) is 0 Å². The third kappa shape index (κ3) is 3.85. The normalized spacial score (nSPS) is 9.82. The van der Waals surface area contributed by atoms with E-state index in [4.69, 9.17) is 4.74 Å². The number of ketones is 1. The van der Waals surface area contributed by atoms with Crippen molar-refractivity contribution >= 4 is 27.6 Å². The van der Waals surface area contributed by atoms with Crippen molar-refractivity contribution in [3.8, 4) is 5.75 Å². The Labute approximate surface area is 108 Å². The molecule has 0 aliphatic heterocycles. The predicted octanol–water partition coefficient (Wildman–Crippen LogP) is 2.17. The smallest absolute Gasteiger partial charge is 0.220 e. The second kappa shape index (κ2) is 6.39. The second-order valence-corrected chi connectivity index (χ2v) is 4.26. The Kier molecular flexibility index (Phi) is 5.15. The number of hydrogen-bond donors (Lipinski definition) is 1. The second-order valence-electron chi connectivity index (χ2n) is 3.40. The Morgan fingerprint density at radius 1 is 1.41 bits per heavy atom. The van der Waals surface area contributed by atoms with Crippen molar-refractivity contribution in [2.75, 3.05) is 13.7 Å². The summed E-state index contributed by atoms with van der Waals surface area (Å²) in [5, 5.41) is 2.54. The Bertz CT molecular complexity index is 432. The number of Topliss-reactive ketones (excluding diaryl/α,β-unsaturated/α-hetero) is 1. The molecular formula is C12H14BrNO3. The van der Waals surface area contributed by atoms with Crippen molar-refractivity contribution in [2.45, 2.75) is 13.3 Å². The number of benzene rings is 1. The van der Waals surface area contributed by atoms with Gasteiger partial charge >= 0.3 is 0 Å². The molecule has 0 spiro atoms. The zero-order valence-electron chi connectivity index (χ0n) is 9.75. The number of hydrogen-bond acceptors (Lipinski definition) is 3. The number of rotatable bonds is 5. The molecule has 0 bridgehead atoms. The van der Waals surface area contributed by atoms with Gasteiger partial charge in [-0.25, -0.2) is 0 Å². The Hall–Kier alpha value is -1.36. The summed E-state index contributed by atoms with van der Waals surface area (Å²) in [4.78, 5) is 22.8. The monoisotopic (exact) mass is 299 g/mol. The van der Waals surface area contributed by atoms with Gasteiger partial charge in [-0.05, 0) is 34.1 Å². The molecule has 0 aliphatic rings. The number of carbonyl (C=O) groups is 2. The minimum Gasteiger partial charge on any atom is -0.496 e. The Morgan fingerprint density at radius 2 is 2.12 bits per heavy atom. The highest BCUT2D eigenvalue weighted by molar-refractivity contribution is 9.10. The van der Waals surface area contributed by atoms with Crippen molar-refractivity contribution in [2.24, 2.45) is 0 Å². The van der Waals surface area contributed by atoms with Crippen LogP contribution in [0.5, 0.6) is 5.75 Å². The average molecular weight is 300 g/mol. The molecule has 1 N–H and O–H groups in total. The molecule has 0 aromatic heterocycles. The topological polar surface area (TPSA) is 55.4 Å². The first kappa shape index (κ1) is 13.7. The van der Waals surface area contributed by atoms with Gasteiger partial charge < -0.3 is 10.1 Å². The van der Waals surface area contributed by atoms with Crippen molar-refractivity contribution in [1.82, 2.24) is 5.32 Å². The number of halogens is 1. The lowest BCUT2D eigenvalue weighted by molar-refractivity contribution is -0.120. The molecule has 0 heterocycles. The molecule has 1 aromatic rings. The highest BCUT2D eigenvalue weighted by Gasteiger charge is 2.09. The third-order valence-corrected chi connectivity index (χ3v) is 2.86. The Morgan fingerprint density at radius 3 is 2.65 bits per heavy atom. The first-order chi connectivity index (χ1) is 8.08. The fraction of sp³-hybridized carbons (Fsp3) is 0.333. The molecule has 1 rings (SSSR count). The number of ether oxygens (including phenoxy) is 1. The van der Waals surface area contributed by atoms with Crippen LogP contribution in [0, 0.1) is 0 Å². The van der Waals surface area contributed by atoms with Gasteiger partial charge in [0.05, 0.1) is 18.1 Å². The van der Waals surface area contributed by atoms with Gasteiger partial charge in [-0.3, -0.25) is 9.59 Å². The van der Waals surface area contributed by atoms with Crippen molar-refractivity contribution < 1.29 is 14.3 Å². The molecule has 0 saturated heterocycles. The van der Waals surface area contributed by atoms with Crippen LogP contribution in [0.3, 0.4) is 0 Å². The van der Waals surface area contributed by atoms with E-state index < -0.39 is 0 Å². The maximum Gasteiger partial charge on any atom is 0.220 e. The predicted molar refractivity (Wildman–Crippen MR) is 68.3 cm³/mol. The molecule has 0 radical (unpaired) electrons. The maximum absolute atomic E-state index is 11.7. The standard InChI is InChI=1S/C12H14BrNO3/c1-3-12(16)14-7-10(15)8-4-5-11(17-2)9(13)6-8/h4-6H,3,7H2,1-2H3,(H,14,16). The summed E-state index contributed by atoms with van der Waals surface area (Å²) in [5.74, 6) is 0.403. The van der Waals surface area contributed by atoms with Gasteiger partial charge in [-0.1, -0.05) is 6.92 Å². The molecule has 92 valence electrons. The number of methoxy groups -OCH3 is 1. The summed E-state index contributed by atoms with van der Waals surface area (Å²) in [6.45, 7) is 1.76. The van der Waals surface area contributed by atoms with Gasteiger partial charge in [0.15, 0.2) is 5.78 Å². The number of amides is 1. The van der Waals surface area contributed by atoms with E-state index in [1.54, 1.807) is 32.2 Å². The average Bonchev–Trinajstić information content (AvgIpc) is 2.35. The van der Waals surface area contributed by atoms with E-state index in [0.29, 0.717) is 22.2 Å². The van der Waals surface area contributed by atoms with Gasteiger partial charge in [0, 0.05) is 12.0 Å². The van der Waals surface area contributed by atoms with Gasteiger partial charge in [0.25, 0.3) is 0 Å². The van der Waals surface area contributed by atoms with Crippen LogP contribution in [0.4, 0.5) is 0 Å². The van der Waals surface area contributed by atoms with E-state index in [1.165, 1.54) is 0 Å². The Balaban J connectivity index is 2.69. The van der Waals surface area contributed by atoms with Crippen molar-refractivity contribution in [1.29, 1.82) is 0 Å².